The summed E-state index contributed by atoms with van der Waals surface area (Å²) in [4.78, 5) is 12.3. The molecule has 0 aromatic heterocycles. The molecule has 0 atom stereocenters. The van der Waals surface area contributed by atoms with Crippen molar-refractivity contribution in [1.82, 2.24) is 0 Å². The average molecular weight is 332 g/mol. The highest BCUT2D eigenvalue weighted by Gasteiger charge is 2.18. The van der Waals surface area contributed by atoms with Crippen molar-refractivity contribution in [3.63, 3.8) is 0 Å². The molecular formula is C17H14ClNO4. The summed E-state index contributed by atoms with van der Waals surface area (Å²) in [5, 5.41) is 9.11. The Morgan fingerprint density at radius 2 is 2.09 bits per heavy atom. The van der Waals surface area contributed by atoms with Gasteiger partial charge in [-0.2, -0.15) is 5.26 Å². The number of rotatable bonds is 5. The summed E-state index contributed by atoms with van der Waals surface area (Å²) in [6.07, 6.45) is 0. The van der Waals surface area contributed by atoms with Crippen LogP contribution in [-0.2, 0) is 0 Å². The van der Waals surface area contributed by atoms with Gasteiger partial charge in [-0.05, 0) is 31.2 Å². The van der Waals surface area contributed by atoms with Crippen LogP contribution in [0.25, 0.3) is 0 Å². The van der Waals surface area contributed by atoms with Gasteiger partial charge in [0.05, 0.1) is 35.9 Å². The summed E-state index contributed by atoms with van der Waals surface area (Å²) in [6, 6.07) is 11.4. The minimum atomic E-state index is -0.600. The molecule has 0 amide bonds. The second-order valence-corrected chi connectivity index (χ2v) is 4.86. The minimum Gasteiger partial charge on any atom is -0.497 e. The summed E-state index contributed by atoms with van der Waals surface area (Å²) in [7, 11) is 1.51. The van der Waals surface area contributed by atoms with E-state index >= 15 is 0 Å². The first-order chi connectivity index (χ1) is 11.1. The molecule has 0 saturated heterocycles. The Balaban J connectivity index is 2.35. The number of hydrogen-bond donors (Lipinski definition) is 0. The molecule has 0 fully saturated rings. The lowest BCUT2D eigenvalue weighted by Crippen LogP contribution is -2.10. The largest absolute Gasteiger partial charge is 0.497 e. The third-order valence-electron chi connectivity index (χ3n) is 2.94. The quantitative estimate of drug-likeness (QED) is 0.615. The lowest BCUT2D eigenvalue weighted by Gasteiger charge is -2.13. The molecule has 5 nitrogen and oxygen atoms in total. The van der Waals surface area contributed by atoms with E-state index in [1.807, 2.05) is 6.07 Å². The molecule has 118 valence electrons. The second kappa shape index (κ2) is 7.52. The summed E-state index contributed by atoms with van der Waals surface area (Å²) in [5.74, 6) is 0.264. The van der Waals surface area contributed by atoms with Crippen LogP contribution >= 0.6 is 11.6 Å². The molecule has 0 bridgehead atoms. The molecule has 0 heterocycles. The molecule has 0 unspecified atom stereocenters. The van der Waals surface area contributed by atoms with E-state index in [9.17, 15) is 4.79 Å². The molecule has 23 heavy (non-hydrogen) atoms. The molecule has 0 N–H and O–H groups in total. The van der Waals surface area contributed by atoms with E-state index in [-0.39, 0.29) is 16.5 Å². The van der Waals surface area contributed by atoms with Gasteiger partial charge in [-0.3, -0.25) is 0 Å². The lowest BCUT2D eigenvalue weighted by molar-refractivity contribution is 0.0728. The van der Waals surface area contributed by atoms with Gasteiger partial charge in [-0.25, -0.2) is 4.79 Å². The number of benzene rings is 2. The standard InChI is InChI=1S/C17H14ClNO4/c1-3-22-15-8-11(10-19)7-14(18)16(15)23-17(20)12-5-4-6-13(9-12)21-2/h4-9H,3H2,1-2H3. The highest BCUT2D eigenvalue weighted by Crippen LogP contribution is 2.37. The number of halogens is 1. The third-order valence-corrected chi connectivity index (χ3v) is 3.22. The van der Waals surface area contributed by atoms with Crippen LogP contribution in [0.15, 0.2) is 36.4 Å². The van der Waals surface area contributed by atoms with Crippen molar-refractivity contribution in [3.8, 4) is 23.3 Å². The number of methoxy groups -OCH3 is 1. The van der Waals surface area contributed by atoms with Gasteiger partial charge >= 0.3 is 5.97 Å². The van der Waals surface area contributed by atoms with Crippen molar-refractivity contribution in [2.24, 2.45) is 0 Å². The van der Waals surface area contributed by atoms with Crippen LogP contribution in [0.4, 0.5) is 0 Å². The summed E-state index contributed by atoms with van der Waals surface area (Å²) in [6.45, 7) is 2.12. The van der Waals surface area contributed by atoms with E-state index in [0.717, 1.165) is 0 Å². The lowest BCUT2D eigenvalue weighted by atomic mass is 10.2. The SMILES string of the molecule is CCOc1cc(C#N)cc(Cl)c1OC(=O)c1cccc(OC)c1. The van der Waals surface area contributed by atoms with E-state index in [1.165, 1.54) is 19.2 Å². The zero-order valence-electron chi connectivity index (χ0n) is 12.6. The van der Waals surface area contributed by atoms with Gasteiger partial charge in [0.2, 0.25) is 0 Å². The number of nitrogens with zero attached hydrogens (tertiary/aromatic N) is 1. The number of carbonyl (C=O) groups is 1. The first-order valence-electron chi connectivity index (χ1n) is 6.81. The van der Waals surface area contributed by atoms with Gasteiger partial charge in [0.25, 0.3) is 0 Å². The van der Waals surface area contributed by atoms with Gasteiger partial charge < -0.3 is 14.2 Å². The highest BCUT2D eigenvalue weighted by atomic mass is 35.5. The van der Waals surface area contributed by atoms with Crippen LogP contribution in [0.5, 0.6) is 17.2 Å². The zero-order valence-corrected chi connectivity index (χ0v) is 13.4. The topological polar surface area (TPSA) is 68.5 Å². The number of ether oxygens (including phenoxy) is 3. The molecule has 2 rings (SSSR count). The molecule has 0 saturated carbocycles. The second-order valence-electron chi connectivity index (χ2n) is 4.45. The smallest absolute Gasteiger partial charge is 0.343 e. The fourth-order valence-corrected chi connectivity index (χ4v) is 2.15. The summed E-state index contributed by atoms with van der Waals surface area (Å²) in [5.41, 5.74) is 0.631. The van der Waals surface area contributed by atoms with Gasteiger partial charge in [0.1, 0.15) is 5.75 Å². The van der Waals surface area contributed by atoms with Gasteiger partial charge in [0.15, 0.2) is 11.5 Å². The average Bonchev–Trinajstić information content (AvgIpc) is 2.57. The molecule has 2 aromatic rings. The third kappa shape index (κ3) is 3.93. The molecule has 6 heteroatoms. The number of carbonyl (C=O) groups excluding carboxylic acids is 1. The minimum absolute atomic E-state index is 0.0836. The van der Waals surface area contributed by atoms with Crippen molar-refractivity contribution in [3.05, 3.63) is 52.5 Å². The van der Waals surface area contributed by atoms with Crippen molar-refractivity contribution >= 4 is 17.6 Å². The fourth-order valence-electron chi connectivity index (χ4n) is 1.90. The van der Waals surface area contributed by atoms with Crippen LogP contribution in [0.2, 0.25) is 5.02 Å². The van der Waals surface area contributed by atoms with E-state index in [0.29, 0.717) is 23.5 Å². The van der Waals surface area contributed by atoms with Gasteiger partial charge in [-0.1, -0.05) is 17.7 Å². The summed E-state index contributed by atoms with van der Waals surface area (Å²) < 4.78 is 15.8. The maximum Gasteiger partial charge on any atom is 0.343 e. The van der Waals surface area contributed by atoms with Gasteiger partial charge in [-0.15, -0.1) is 0 Å². The van der Waals surface area contributed by atoms with Crippen molar-refractivity contribution in [2.75, 3.05) is 13.7 Å². The zero-order chi connectivity index (χ0) is 16.8. The monoisotopic (exact) mass is 331 g/mol. The fraction of sp³-hybridized carbons (Fsp3) is 0.176. The van der Waals surface area contributed by atoms with E-state index < -0.39 is 5.97 Å². The number of nitriles is 1. The van der Waals surface area contributed by atoms with Gasteiger partial charge in [0, 0.05) is 6.07 Å². The van der Waals surface area contributed by atoms with Crippen molar-refractivity contribution in [1.29, 1.82) is 5.26 Å². The molecular weight excluding hydrogens is 318 g/mol. The normalized spacial score (nSPS) is 9.83. The summed E-state index contributed by atoms with van der Waals surface area (Å²) >= 11 is 6.11. The Morgan fingerprint density at radius 3 is 2.74 bits per heavy atom. The van der Waals surface area contributed by atoms with Crippen LogP contribution in [0.1, 0.15) is 22.8 Å². The highest BCUT2D eigenvalue weighted by molar-refractivity contribution is 6.32. The first kappa shape index (κ1) is 16.7. The Morgan fingerprint density at radius 1 is 1.30 bits per heavy atom. The maximum atomic E-state index is 12.3. The number of esters is 1. The Kier molecular flexibility index (Phi) is 5.45. The van der Waals surface area contributed by atoms with Crippen molar-refractivity contribution < 1.29 is 19.0 Å². The predicted molar refractivity (Wildman–Crippen MR) is 85.3 cm³/mol. The number of hydrogen-bond acceptors (Lipinski definition) is 5. The van der Waals surface area contributed by atoms with E-state index in [1.54, 1.807) is 31.2 Å². The van der Waals surface area contributed by atoms with Crippen LogP contribution in [0.3, 0.4) is 0 Å². The van der Waals surface area contributed by atoms with E-state index in [4.69, 9.17) is 31.1 Å². The predicted octanol–water partition coefficient (Wildman–Crippen LogP) is 3.84. The van der Waals surface area contributed by atoms with Crippen molar-refractivity contribution in [2.45, 2.75) is 6.92 Å². The first-order valence-corrected chi connectivity index (χ1v) is 7.19. The Hall–Kier alpha value is -2.71. The van der Waals surface area contributed by atoms with E-state index in [2.05, 4.69) is 0 Å². The van der Waals surface area contributed by atoms with Crippen LogP contribution in [-0.4, -0.2) is 19.7 Å². The van der Waals surface area contributed by atoms with Crippen LogP contribution < -0.4 is 14.2 Å². The van der Waals surface area contributed by atoms with Crippen LogP contribution in [0, 0.1) is 11.3 Å². The molecule has 0 aliphatic heterocycles. The Labute approximate surface area is 139 Å². The molecule has 2 aromatic carbocycles. The Bertz CT molecular complexity index is 768. The maximum absolute atomic E-state index is 12.3. The molecule has 0 aliphatic carbocycles. The molecule has 0 radical (unpaired) electrons. The molecule has 0 spiro atoms. The molecule has 0 aliphatic rings.